The molecule has 0 aliphatic heterocycles. The van der Waals surface area contributed by atoms with E-state index in [-0.39, 0.29) is 24.2 Å². The lowest BCUT2D eigenvalue weighted by molar-refractivity contribution is -0.133. The van der Waals surface area contributed by atoms with E-state index in [1.807, 2.05) is 0 Å². The molecule has 0 saturated heterocycles. The molecule has 2 amide bonds. The number of hydrogen-bond donors (Lipinski definition) is 2. The van der Waals surface area contributed by atoms with E-state index in [0.29, 0.717) is 5.56 Å². The SMILES string of the molecule is CC(=O)N(C)CC(=O)NC(C)C(O)c1ccc(F)cc1. The van der Waals surface area contributed by atoms with Crippen LogP contribution in [0.5, 0.6) is 0 Å². The van der Waals surface area contributed by atoms with Gasteiger partial charge >= 0.3 is 0 Å². The Morgan fingerprint density at radius 1 is 1.35 bits per heavy atom. The number of rotatable bonds is 5. The van der Waals surface area contributed by atoms with Gasteiger partial charge in [-0.1, -0.05) is 12.1 Å². The highest BCUT2D eigenvalue weighted by atomic mass is 19.1. The lowest BCUT2D eigenvalue weighted by atomic mass is 10.0. The van der Waals surface area contributed by atoms with Crippen molar-refractivity contribution in [3.05, 3.63) is 35.6 Å². The number of hydrogen-bond acceptors (Lipinski definition) is 3. The van der Waals surface area contributed by atoms with Crippen molar-refractivity contribution < 1.29 is 19.1 Å². The number of likely N-dealkylation sites (N-methyl/N-ethyl adjacent to an activating group) is 1. The Bertz CT molecular complexity index is 476. The second kappa shape index (κ2) is 7.00. The molecule has 0 radical (unpaired) electrons. The minimum Gasteiger partial charge on any atom is -0.386 e. The van der Waals surface area contributed by atoms with Crippen LogP contribution < -0.4 is 5.32 Å². The van der Waals surface area contributed by atoms with E-state index in [1.54, 1.807) is 6.92 Å². The Hall–Kier alpha value is -1.95. The maximum absolute atomic E-state index is 12.8. The van der Waals surface area contributed by atoms with Crippen LogP contribution in [-0.2, 0) is 9.59 Å². The summed E-state index contributed by atoms with van der Waals surface area (Å²) in [4.78, 5) is 24.0. The Balaban J connectivity index is 2.57. The van der Waals surface area contributed by atoms with E-state index in [0.717, 1.165) is 0 Å². The molecule has 5 nitrogen and oxygen atoms in total. The summed E-state index contributed by atoms with van der Waals surface area (Å²) in [6, 6.07) is 4.87. The van der Waals surface area contributed by atoms with E-state index < -0.39 is 12.1 Å². The number of nitrogens with zero attached hydrogens (tertiary/aromatic N) is 1. The molecule has 0 saturated carbocycles. The van der Waals surface area contributed by atoms with Gasteiger partial charge in [0.05, 0.1) is 18.7 Å². The molecule has 1 rings (SSSR count). The maximum Gasteiger partial charge on any atom is 0.239 e. The molecule has 0 bridgehead atoms. The van der Waals surface area contributed by atoms with Crippen LogP contribution >= 0.6 is 0 Å². The first-order valence-electron chi connectivity index (χ1n) is 6.26. The van der Waals surface area contributed by atoms with Crippen molar-refractivity contribution in [2.75, 3.05) is 13.6 Å². The Morgan fingerprint density at radius 2 is 1.90 bits per heavy atom. The molecule has 110 valence electrons. The van der Waals surface area contributed by atoms with Gasteiger partial charge in [-0.05, 0) is 24.6 Å². The highest BCUT2D eigenvalue weighted by Crippen LogP contribution is 2.16. The first kappa shape index (κ1) is 16.1. The first-order chi connectivity index (χ1) is 9.31. The van der Waals surface area contributed by atoms with Gasteiger partial charge in [0, 0.05) is 14.0 Å². The standard InChI is InChI=1S/C14H19FN2O3/c1-9(16-13(19)8-17(3)10(2)18)14(20)11-4-6-12(15)7-5-11/h4-7,9,14,20H,8H2,1-3H3,(H,16,19). The van der Waals surface area contributed by atoms with Crippen molar-refractivity contribution >= 4 is 11.8 Å². The number of halogens is 1. The molecular formula is C14H19FN2O3. The fourth-order valence-electron chi connectivity index (χ4n) is 1.65. The number of aliphatic hydroxyl groups excluding tert-OH is 1. The van der Waals surface area contributed by atoms with Crippen LogP contribution in [0.15, 0.2) is 24.3 Å². The third kappa shape index (κ3) is 4.62. The Morgan fingerprint density at radius 3 is 2.40 bits per heavy atom. The molecule has 0 aromatic heterocycles. The van der Waals surface area contributed by atoms with Gasteiger partial charge in [0.1, 0.15) is 5.82 Å². The molecule has 20 heavy (non-hydrogen) atoms. The molecule has 0 fully saturated rings. The van der Waals surface area contributed by atoms with Crippen molar-refractivity contribution in [2.45, 2.75) is 26.0 Å². The zero-order valence-electron chi connectivity index (χ0n) is 11.8. The van der Waals surface area contributed by atoms with Crippen LogP contribution in [0, 0.1) is 5.82 Å². The highest BCUT2D eigenvalue weighted by molar-refractivity contribution is 5.83. The minimum absolute atomic E-state index is 0.0736. The van der Waals surface area contributed by atoms with Crippen LogP contribution in [0.1, 0.15) is 25.5 Å². The van der Waals surface area contributed by atoms with Gasteiger partial charge in [0.15, 0.2) is 0 Å². The highest BCUT2D eigenvalue weighted by Gasteiger charge is 2.19. The normalized spacial score (nSPS) is 13.4. The summed E-state index contributed by atoms with van der Waals surface area (Å²) in [5.41, 5.74) is 0.513. The molecule has 0 aliphatic rings. The van der Waals surface area contributed by atoms with Crippen molar-refractivity contribution in [1.29, 1.82) is 0 Å². The van der Waals surface area contributed by atoms with Gasteiger partial charge < -0.3 is 15.3 Å². The third-order valence-corrected chi connectivity index (χ3v) is 2.99. The summed E-state index contributed by atoms with van der Waals surface area (Å²) in [6.45, 7) is 2.93. The van der Waals surface area contributed by atoms with E-state index in [1.165, 1.54) is 43.1 Å². The van der Waals surface area contributed by atoms with Crippen LogP contribution in [-0.4, -0.2) is 41.5 Å². The largest absolute Gasteiger partial charge is 0.386 e. The number of carbonyl (C=O) groups is 2. The minimum atomic E-state index is -0.942. The molecule has 6 heteroatoms. The van der Waals surface area contributed by atoms with Gasteiger partial charge in [0.25, 0.3) is 0 Å². The molecule has 1 aromatic rings. The molecule has 0 spiro atoms. The zero-order valence-corrected chi connectivity index (χ0v) is 11.8. The summed E-state index contributed by atoms with van der Waals surface area (Å²) in [6.07, 6.45) is -0.942. The molecule has 0 heterocycles. The maximum atomic E-state index is 12.8. The van der Waals surface area contributed by atoms with Gasteiger partial charge in [0.2, 0.25) is 11.8 Å². The first-order valence-corrected chi connectivity index (χ1v) is 6.26. The van der Waals surface area contributed by atoms with Crippen LogP contribution in [0.4, 0.5) is 4.39 Å². The molecule has 1 aromatic carbocycles. The summed E-state index contributed by atoms with van der Waals surface area (Å²) < 4.78 is 12.8. The quantitative estimate of drug-likeness (QED) is 0.841. The lowest BCUT2D eigenvalue weighted by Gasteiger charge is -2.22. The van der Waals surface area contributed by atoms with E-state index in [4.69, 9.17) is 0 Å². The summed E-state index contributed by atoms with van der Waals surface area (Å²) in [5.74, 6) is -0.969. The number of benzene rings is 1. The topological polar surface area (TPSA) is 69.6 Å². The van der Waals surface area contributed by atoms with Gasteiger partial charge in [-0.3, -0.25) is 9.59 Å². The summed E-state index contributed by atoms with van der Waals surface area (Å²) in [7, 11) is 1.52. The third-order valence-electron chi connectivity index (χ3n) is 2.99. The van der Waals surface area contributed by atoms with Gasteiger partial charge in [-0.15, -0.1) is 0 Å². The van der Waals surface area contributed by atoms with Crippen molar-refractivity contribution in [2.24, 2.45) is 0 Å². The second-order valence-electron chi connectivity index (χ2n) is 4.73. The number of carbonyl (C=O) groups excluding carboxylic acids is 2. The zero-order chi connectivity index (χ0) is 15.3. The fraction of sp³-hybridized carbons (Fsp3) is 0.429. The summed E-state index contributed by atoms with van der Waals surface area (Å²) >= 11 is 0. The average molecular weight is 282 g/mol. The average Bonchev–Trinajstić information content (AvgIpc) is 2.38. The second-order valence-corrected chi connectivity index (χ2v) is 4.73. The van der Waals surface area contributed by atoms with E-state index in [9.17, 15) is 19.1 Å². The van der Waals surface area contributed by atoms with Gasteiger partial charge in [-0.25, -0.2) is 4.39 Å². The number of amides is 2. The van der Waals surface area contributed by atoms with Gasteiger partial charge in [-0.2, -0.15) is 0 Å². The van der Waals surface area contributed by atoms with Crippen molar-refractivity contribution in [3.63, 3.8) is 0 Å². The molecule has 2 N–H and O–H groups in total. The van der Waals surface area contributed by atoms with E-state index >= 15 is 0 Å². The molecule has 0 aliphatic carbocycles. The molecular weight excluding hydrogens is 263 g/mol. The number of nitrogens with one attached hydrogen (secondary N) is 1. The predicted octanol–water partition coefficient (Wildman–Crippen LogP) is 0.842. The Labute approximate surface area is 117 Å². The van der Waals surface area contributed by atoms with Crippen LogP contribution in [0.2, 0.25) is 0 Å². The van der Waals surface area contributed by atoms with Crippen molar-refractivity contribution in [3.8, 4) is 0 Å². The smallest absolute Gasteiger partial charge is 0.239 e. The monoisotopic (exact) mass is 282 g/mol. The fourth-order valence-corrected chi connectivity index (χ4v) is 1.65. The van der Waals surface area contributed by atoms with Crippen molar-refractivity contribution in [1.82, 2.24) is 10.2 Å². The predicted molar refractivity (Wildman–Crippen MR) is 72.3 cm³/mol. The summed E-state index contributed by atoms with van der Waals surface area (Å²) in [5, 5.41) is 12.7. The van der Waals surface area contributed by atoms with Crippen LogP contribution in [0.3, 0.4) is 0 Å². The Kier molecular flexibility index (Phi) is 5.64. The van der Waals surface area contributed by atoms with E-state index in [2.05, 4.69) is 5.32 Å². The molecule has 2 unspecified atom stereocenters. The molecule has 2 atom stereocenters. The number of aliphatic hydroxyl groups is 1. The lowest BCUT2D eigenvalue weighted by Crippen LogP contribution is -2.43. The van der Waals surface area contributed by atoms with Crippen LogP contribution in [0.25, 0.3) is 0 Å².